The Morgan fingerprint density at radius 3 is 2.69 bits per heavy atom. The number of carbonyl (C=O) groups excluding carboxylic acids is 2. The highest BCUT2D eigenvalue weighted by atomic mass is 32.1. The van der Waals surface area contributed by atoms with Gasteiger partial charge in [-0.05, 0) is 25.1 Å². The van der Waals surface area contributed by atoms with E-state index in [1.54, 1.807) is 6.07 Å². The number of benzene rings is 1. The molecule has 0 spiro atoms. The summed E-state index contributed by atoms with van der Waals surface area (Å²) in [5.74, 6) is -3.81. The lowest BCUT2D eigenvalue weighted by Gasteiger charge is -2.14. The average Bonchev–Trinajstić information content (AvgIpc) is 3.23. The molecule has 2 heterocycles. The Morgan fingerprint density at radius 1 is 1.25 bits per heavy atom. The monoisotopic (exact) mass is 460 g/mol. The maximum atomic E-state index is 13.3. The van der Waals surface area contributed by atoms with E-state index in [1.807, 2.05) is 0 Å². The minimum atomic E-state index is -2.08. The van der Waals surface area contributed by atoms with Crippen LogP contribution in [0.4, 0.5) is 0 Å². The first-order valence-electron chi connectivity index (χ1n) is 9.79. The summed E-state index contributed by atoms with van der Waals surface area (Å²) >= 11 is 1.36. The molecule has 168 valence electrons. The number of carboxylic acid groups (broad SMARTS) is 2. The largest absolute Gasteiger partial charge is 0.479 e. The van der Waals surface area contributed by atoms with Crippen LogP contribution in [0.15, 0.2) is 24.3 Å². The van der Waals surface area contributed by atoms with Crippen molar-refractivity contribution in [3.63, 3.8) is 0 Å². The van der Waals surface area contributed by atoms with E-state index in [9.17, 15) is 24.3 Å². The van der Waals surface area contributed by atoms with Gasteiger partial charge in [-0.3, -0.25) is 9.59 Å². The molecule has 0 amide bonds. The summed E-state index contributed by atoms with van der Waals surface area (Å²) in [7, 11) is 1.48. The molecular weight excluding hydrogens is 440 g/mol. The van der Waals surface area contributed by atoms with Crippen molar-refractivity contribution in [1.82, 2.24) is 10.6 Å². The van der Waals surface area contributed by atoms with E-state index in [1.165, 1.54) is 36.6 Å². The van der Waals surface area contributed by atoms with Gasteiger partial charge in [0.25, 0.3) is 5.60 Å². The molecule has 1 aromatic heterocycles. The summed E-state index contributed by atoms with van der Waals surface area (Å²) in [6, 6.07) is 4.90. The predicted octanol–water partition coefficient (Wildman–Crippen LogP) is 0.722. The Hall–Kier alpha value is -2.96. The number of carboxylic acids is 2. The zero-order valence-corrected chi connectivity index (χ0v) is 17.8. The van der Waals surface area contributed by atoms with E-state index >= 15 is 0 Å². The molecule has 2 aromatic rings. The van der Waals surface area contributed by atoms with Gasteiger partial charge in [0.1, 0.15) is 6.04 Å². The summed E-state index contributed by atoms with van der Waals surface area (Å²) in [5, 5.41) is 24.4. The molecule has 1 aliphatic carbocycles. The van der Waals surface area contributed by atoms with E-state index in [0.717, 1.165) is 23.4 Å². The number of thiophene rings is 1. The number of nitrogens with one attached hydrogen (secondary N) is 2. The van der Waals surface area contributed by atoms with Crippen LogP contribution in [0.25, 0.3) is 0 Å². The molecule has 11 heteroatoms. The summed E-state index contributed by atoms with van der Waals surface area (Å²) < 4.78 is 0. The molecule has 2 atom stereocenters. The summed E-state index contributed by atoms with van der Waals surface area (Å²) in [6.07, 6.45) is 0.812. The number of hydrogen-bond acceptors (Lipinski definition) is 9. The van der Waals surface area contributed by atoms with Gasteiger partial charge in [-0.25, -0.2) is 19.4 Å². The first-order valence-corrected chi connectivity index (χ1v) is 10.6. The lowest BCUT2D eigenvalue weighted by molar-refractivity contribution is -0.333. The Kier molecular flexibility index (Phi) is 5.93. The molecule has 0 fully saturated rings. The summed E-state index contributed by atoms with van der Waals surface area (Å²) in [6.45, 7) is 0.618. The zero-order valence-electron chi connectivity index (χ0n) is 17.0. The van der Waals surface area contributed by atoms with Crippen LogP contribution in [-0.2, 0) is 37.9 Å². The van der Waals surface area contributed by atoms with Gasteiger partial charge in [-0.15, -0.1) is 11.3 Å². The van der Waals surface area contributed by atoms with E-state index in [-0.39, 0.29) is 16.7 Å². The molecule has 0 saturated heterocycles. The van der Waals surface area contributed by atoms with Crippen LogP contribution in [0.3, 0.4) is 0 Å². The summed E-state index contributed by atoms with van der Waals surface area (Å²) in [4.78, 5) is 60.2. The van der Waals surface area contributed by atoms with Gasteiger partial charge in [0.05, 0.1) is 4.88 Å². The first-order chi connectivity index (χ1) is 15.3. The fourth-order valence-corrected chi connectivity index (χ4v) is 5.06. The third kappa shape index (κ3) is 3.63. The van der Waals surface area contributed by atoms with E-state index < -0.39 is 41.8 Å². The molecule has 0 saturated carbocycles. The normalized spacial score (nSPS) is 19.5. The average molecular weight is 460 g/mol. The second-order valence-corrected chi connectivity index (χ2v) is 8.53. The van der Waals surface area contributed by atoms with E-state index in [2.05, 4.69) is 15.5 Å². The van der Waals surface area contributed by atoms with Gasteiger partial charge in [-0.2, -0.15) is 0 Å². The lowest BCUT2D eigenvalue weighted by Crippen LogP contribution is -2.41. The van der Waals surface area contributed by atoms with Crippen molar-refractivity contribution in [2.75, 3.05) is 20.2 Å². The quantitative estimate of drug-likeness (QED) is 0.173. The molecule has 2 aliphatic rings. The molecule has 32 heavy (non-hydrogen) atoms. The second kappa shape index (κ2) is 8.52. The van der Waals surface area contributed by atoms with E-state index in [0.29, 0.717) is 11.4 Å². The van der Waals surface area contributed by atoms with Crippen LogP contribution >= 0.6 is 11.3 Å². The van der Waals surface area contributed by atoms with Crippen LogP contribution in [0.1, 0.15) is 41.6 Å². The molecule has 4 N–H and O–H groups in total. The van der Waals surface area contributed by atoms with Crippen molar-refractivity contribution in [1.29, 1.82) is 0 Å². The SMILES string of the molecule is CNC(C(=O)c1cc2c(s1)CCNC2)C(=O)c1cccc2c1C2(OOCC(=O)O)C(=O)O. The van der Waals surface area contributed by atoms with Crippen molar-refractivity contribution in [2.24, 2.45) is 0 Å². The second-order valence-electron chi connectivity index (χ2n) is 7.39. The number of carbonyl (C=O) groups is 4. The van der Waals surface area contributed by atoms with E-state index in [4.69, 9.17) is 9.99 Å². The van der Waals surface area contributed by atoms with Gasteiger partial charge in [0.2, 0.25) is 0 Å². The number of rotatable bonds is 10. The highest BCUT2D eigenvalue weighted by Crippen LogP contribution is 2.53. The van der Waals surface area contributed by atoms with Crippen LogP contribution in [0, 0.1) is 0 Å². The maximum absolute atomic E-state index is 13.3. The third-order valence-electron chi connectivity index (χ3n) is 5.46. The van der Waals surface area contributed by atoms with Crippen molar-refractivity contribution in [2.45, 2.75) is 24.6 Å². The fraction of sp³-hybridized carbons (Fsp3) is 0.333. The van der Waals surface area contributed by atoms with Gasteiger partial charge in [0.15, 0.2) is 18.2 Å². The number of fused-ring (bicyclic) bond motifs is 2. The Bertz CT molecular complexity index is 1100. The first kappa shape index (κ1) is 22.2. The fourth-order valence-electron chi connectivity index (χ4n) is 3.91. The minimum absolute atomic E-state index is 0.000453. The van der Waals surface area contributed by atoms with Crippen LogP contribution < -0.4 is 10.6 Å². The number of likely N-dealkylation sites (N-methyl/N-ethyl adjacent to an activating group) is 1. The highest BCUT2D eigenvalue weighted by Gasteiger charge is 2.63. The number of aliphatic carboxylic acids is 2. The number of ketones is 2. The third-order valence-corrected chi connectivity index (χ3v) is 6.71. The topological polar surface area (TPSA) is 151 Å². The molecule has 0 radical (unpaired) electrons. The molecule has 1 aliphatic heterocycles. The summed E-state index contributed by atoms with van der Waals surface area (Å²) in [5.41, 5.74) is -0.835. The lowest BCUT2D eigenvalue weighted by atomic mass is 9.98. The van der Waals surface area contributed by atoms with Crippen molar-refractivity contribution >= 4 is 34.8 Å². The Balaban J connectivity index is 1.61. The van der Waals surface area contributed by atoms with Gasteiger partial charge in [0, 0.05) is 34.7 Å². The smallest absolute Gasteiger partial charge is 0.348 e. The van der Waals surface area contributed by atoms with Crippen molar-refractivity contribution < 1.29 is 39.2 Å². The minimum Gasteiger partial charge on any atom is -0.479 e. The van der Waals surface area contributed by atoms with Crippen molar-refractivity contribution in [3.05, 3.63) is 56.3 Å². The van der Waals surface area contributed by atoms with Gasteiger partial charge >= 0.3 is 11.9 Å². The van der Waals surface area contributed by atoms with Gasteiger partial charge in [-0.1, -0.05) is 18.2 Å². The number of Topliss-reactive ketones (excluding diaryl/α,β-unsaturated/α-hetero) is 2. The van der Waals surface area contributed by atoms with Gasteiger partial charge < -0.3 is 20.8 Å². The number of hydrogen-bond donors (Lipinski definition) is 4. The molecule has 10 nitrogen and oxygen atoms in total. The standard InChI is InChI=1S/C21H20N2O8S/c1-22-17(19(27)14-7-10-8-23-6-5-13(10)32-14)18(26)11-3-2-4-12-16(11)21(12,20(28)29)31-30-9-15(24)25/h2-4,7,17,22-23H,5-6,8-9H2,1H3,(H,24,25)(H,28,29). The van der Waals surface area contributed by atoms with Crippen LogP contribution in [0.2, 0.25) is 0 Å². The molecule has 4 rings (SSSR count). The van der Waals surface area contributed by atoms with Crippen LogP contribution in [0.5, 0.6) is 0 Å². The molecule has 0 bridgehead atoms. The Morgan fingerprint density at radius 2 is 2.03 bits per heavy atom. The molecule has 1 aromatic carbocycles. The predicted molar refractivity (Wildman–Crippen MR) is 111 cm³/mol. The maximum Gasteiger partial charge on any atom is 0.348 e. The zero-order chi connectivity index (χ0) is 23.0. The molecule has 2 unspecified atom stereocenters. The van der Waals surface area contributed by atoms with Crippen molar-refractivity contribution in [3.8, 4) is 0 Å². The van der Waals surface area contributed by atoms with Crippen LogP contribution in [-0.4, -0.2) is 60.0 Å². The Labute approximate surface area is 186 Å². The molecular formula is C21H20N2O8S. The highest BCUT2D eigenvalue weighted by molar-refractivity contribution is 7.14.